The summed E-state index contributed by atoms with van der Waals surface area (Å²) in [5.74, 6) is 0. The fraction of sp³-hybridized carbons (Fsp3) is 0.154. The van der Waals surface area contributed by atoms with E-state index in [1.54, 1.807) is 18.0 Å². The van der Waals surface area contributed by atoms with Gasteiger partial charge in [0.25, 0.3) is 0 Å². The van der Waals surface area contributed by atoms with E-state index in [4.69, 9.17) is 5.73 Å². The number of hydrogen-bond donors (Lipinski definition) is 1. The minimum Gasteiger partial charge on any atom is -0.324 e. The quantitative estimate of drug-likeness (QED) is 0.931. The Morgan fingerprint density at radius 1 is 1.24 bits per heavy atom. The maximum atomic E-state index is 5.93. The second kappa shape index (κ2) is 5.67. The van der Waals surface area contributed by atoms with E-state index in [2.05, 4.69) is 33.0 Å². The van der Waals surface area contributed by atoms with E-state index < -0.39 is 0 Å². The van der Waals surface area contributed by atoms with Crippen molar-refractivity contribution in [3.05, 3.63) is 52.6 Å². The fourth-order valence-corrected chi connectivity index (χ4v) is 2.69. The topological polar surface area (TPSA) is 38.9 Å². The average Bonchev–Trinajstić information content (AvgIpc) is 2.32. The Labute approximate surface area is 114 Å². The largest absolute Gasteiger partial charge is 0.324 e. The van der Waals surface area contributed by atoms with Crippen LogP contribution in [0, 0.1) is 0 Å². The Balaban J connectivity index is 2.26. The van der Waals surface area contributed by atoms with E-state index >= 15 is 0 Å². The van der Waals surface area contributed by atoms with E-state index in [0.29, 0.717) is 0 Å². The molecule has 17 heavy (non-hydrogen) atoms. The molecule has 2 N–H and O–H groups in total. The molecule has 2 aromatic rings. The van der Waals surface area contributed by atoms with Crippen molar-refractivity contribution in [1.82, 2.24) is 4.98 Å². The predicted octanol–water partition coefficient (Wildman–Crippen LogP) is 4.02. The van der Waals surface area contributed by atoms with Crippen LogP contribution in [0.1, 0.15) is 18.5 Å². The van der Waals surface area contributed by atoms with Crippen LogP contribution in [0.2, 0.25) is 0 Å². The van der Waals surface area contributed by atoms with Gasteiger partial charge in [0.2, 0.25) is 0 Å². The van der Waals surface area contributed by atoms with E-state index in [1.165, 1.54) is 0 Å². The van der Waals surface area contributed by atoms with Gasteiger partial charge < -0.3 is 5.73 Å². The lowest BCUT2D eigenvalue weighted by molar-refractivity contribution is 0.779. The van der Waals surface area contributed by atoms with Crippen molar-refractivity contribution in [3.8, 4) is 0 Å². The zero-order valence-corrected chi connectivity index (χ0v) is 11.8. The molecule has 88 valence electrons. The first kappa shape index (κ1) is 12.6. The number of rotatable bonds is 3. The molecular weight excluding hydrogens is 296 g/mol. The zero-order chi connectivity index (χ0) is 12.3. The third kappa shape index (κ3) is 3.31. The van der Waals surface area contributed by atoms with Crippen LogP contribution in [-0.4, -0.2) is 4.98 Å². The van der Waals surface area contributed by atoms with E-state index in [0.717, 1.165) is 20.0 Å². The molecule has 2 rings (SSSR count). The molecule has 0 aliphatic heterocycles. The Morgan fingerprint density at radius 3 is 2.59 bits per heavy atom. The fourth-order valence-electron chi connectivity index (χ4n) is 1.45. The van der Waals surface area contributed by atoms with Crippen LogP contribution in [0.25, 0.3) is 0 Å². The molecule has 0 radical (unpaired) electrons. The summed E-state index contributed by atoms with van der Waals surface area (Å²) in [5.41, 5.74) is 7.02. The van der Waals surface area contributed by atoms with Gasteiger partial charge in [0.15, 0.2) is 0 Å². The molecule has 0 aliphatic carbocycles. The lowest BCUT2D eigenvalue weighted by atomic mass is 10.2. The first-order chi connectivity index (χ1) is 8.16. The number of halogens is 1. The van der Waals surface area contributed by atoms with Crippen LogP contribution < -0.4 is 5.73 Å². The maximum absolute atomic E-state index is 5.93. The summed E-state index contributed by atoms with van der Waals surface area (Å²) in [6.45, 7) is 1.97. The van der Waals surface area contributed by atoms with Crippen molar-refractivity contribution in [3.63, 3.8) is 0 Å². The molecule has 1 heterocycles. The van der Waals surface area contributed by atoms with Gasteiger partial charge in [-0.15, -0.1) is 0 Å². The van der Waals surface area contributed by atoms with Crippen molar-refractivity contribution in [2.45, 2.75) is 22.9 Å². The van der Waals surface area contributed by atoms with Gasteiger partial charge in [-0.05, 0) is 37.3 Å². The molecule has 0 saturated heterocycles. The summed E-state index contributed by atoms with van der Waals surface area (Å²) in [6.07, 6.45) is 1.80. The second-order valence-electron chi connectivity index (χ2n) is 3.74. The molecule has 0 spiro atoms. The highest BCUT2D eigenvalue weighted by Gasteiger charge is 2.08. The lowest BCUT2D eigenvalue weighted by Crippen LogP contribution is -2.06. The molecule has 4 heteroatoms. The van der Waals surface area contributed by atoms with Crippen LogP contribution in [0.5, 0.6) is 0 Å². The van der Waals surface area contributed by atoms with Gasteiger partial charge in [0, 0.05) is 27.2 Å². The van der Waals surface area contributed by atoms with E-state index in [9.17, 15) is 0 Å². The smallest absolute Gasteiger partial charge is 0.105 e. The Morgan fingerprint density at radius 2 is 1.94 bits per heavy atom. The maximum Gasteiger partial charge on any atom is 0.105 e. The van der Waals surface area contributed by atoms with Crippen LogP contribution in [0.3, 0.4) is 0 Å². The standard InChI is InChI=1S/C13H13BrN2S/c1-9(15)12-3-2-8-16-13(12)17-11-6-4-10(14)5-7-11/h2-9H,15H2,1H3/t9-/m1/s1. The molecule has 0 fully saturated rings. The lowest BCUT2D eigenvalue weighted by Gasteiger charge is -2.10. The SMILES string of the molecule is C[C@@H](N)c1cccnc1Sc1ccc(Br)cc1. The predicted molar refractivity (Wildman–Crippen MR) is 75.1 cm³/mol. The van der Waals surface area contributed by atoms with Crippen molar-refractivity contribution in [2.24, 2.45) is 5.73 Å². The molecule has 0 saturated carbocycles. The molecular formula is C13H13BrN2S. The number of nitrogens with zero attached hydrogens (tertiary/aromatic N) is 1. The van der Waals surface area contributed by atoms with Gasteiger partial charge in [0.1, 0.15) is 5.03 Å². The van der Waals surface area contributed by atoms with E-state index in [-0.39, 0.29) is 6.04 Å². The van der Waals surface area contributed by atoms with Crippen molar-refractivity contribution in [2.75, 3.05) is 0 Å². The van der Waals surface area contributed by atoms with Crippen molar-refractivity contribution in [1.29, 1.82) is 0 Å². The number of pyridine rings is 1. The summed E-state index contributed by atoms with van der Waals surface area (Å²) < 4.78 is 1.08. The number of nitrogens with two attached hydrogens (primary N) is 1. The van der Waals surface area contributed by atoms with Crippen LogP contribution in [0.4, 0.5) is 0 Å². The number of aromatic nitrogens is 1. The zero-order valence-electron chi connectivity index (χ0n) is 9.43. The number of hydrogen-bond acceptors (Lipinski definition) is 3. The first-order valence-corrected chi connectivity index (χ1v) is 6.91. The van der Waals surface area contributed by atoms with Crippen LogP contribution in [0.15, 0.2) is 57.0 Å². The normalized spacial score (nSPS) is 12.4. The molecule has 0 bridgehead atoms. The van der Waals surface area contributed by atoms with Crippen LogP contribution >= 0.6 is 27.7 Å². The van der Waals surface area contributed by atoms with Gasteiger partial charge in [-0.2, -0.15) is 0 Å². The Hall–Kier alpha value is -0.840. The minimum atomic E-state index is 0.00153. The molecule has 0 amide bonds. The summed E-state index contributed by atoms with van der Waals surface area (Å²) >= 11 is 5.06. The monoisotopic (exact) mass is 308 g/mol. The summed E-state index contributed by atoms with van der Waals surface area (Å²) in [4.78, 5) is 5.55. The van der Waals surface area contributed by atoms with Gasteiger partial charge in [-0.3, -0.25) is 0 Å². The van der Waals surface area contributed by atoms with E-state index in [1.807, 2.05) is 31.2 Å². The summed E-state index contributed by atoms with van der Waals surface area (Å²) in [5, 5.41) is 0.977. The molecule has 0 aliphatic rings. The highest BCUT2D eigenvalue weighted by Crippen LogP contribution is 2.31. The van der Waals surface area contributed by atoms with Gasteiger partial charge in [-0.1, -0.05) is 33.8 Å². The molecule has 2 nitrogen and oxygen atoms in total. The average molecular weight is 309 g/mol. The highest BCUT2D eigenvalue weighted by molar-refractivity contribution is 9.10. The Bertz CT molecular complexity index is 497. The Kier molecular flexibility index (Phi) is 4.20. The van der Waals surface area contributed by atoms with Crippen LogP contribution in [-0.2, 0) is 0 Å². The summed E-state index contributed by atoms with van der Waals surface area (Å²) in [6, 6.07) is 12.1. The third-order valence-corrected chi connectivity index (χ3v) is 3.89. The minimum absolute atomic E-state index is 0.00153. The van der Waals surface area contributed by atoms with Crippen molar-refractivity contribution < 1.29 is 0 Å². The first-order valence-electron chi connectivity index (χ1n) is 5.31. The van der Waals surface area contributed by atoms with Gasteiger partial charge in [-0.25, -0.2) is 4.98 Å². The second-order valence-corrected chi connectivity index (χ2v) is 5.72. The van der Waals surface area contributed by atoms with Crippen molar-refractivity contribution >= 4 is 27.7 Å². The molecule has 0 unspecified atom stereocenters. The molecule has 1 atom stereocenters. The van der Waals surface area contributed by atoms with Gasteiger partial charge >= 0.3 is 0 Å². The highest BCUT2D eigenvalue weighted by atomic mass is 79.9. The third-order valence-electron chi connectivity index (χ3n) is 2.32. The number of benzene rings is 1. The molecule has 1 aromatic heterocycles. The summed E-state index contributed by atoms with van der Waals surface area (Å²) in [7, 11) is 0. The molecule has 1 aromatic carbocycles. The van der Waals surface area contributed by atoms with Gasteiger partial charge in [0.05, 0.1) is 0 Å².